The molecule has 2 atom stereocenters. The van der Waals surface area contributed by atoms with E-state index in [2.05, 4.69) is 12.2 Å². The molecule has 0 saturated carbocycles. The monoisotopic (exact) mass is 440 g/mol. The molecule has 1 N–H and O–H groups in total. The van der Waals surface area contributed by atoms with Crippen molar-refractivity contribution in [3.05, 3.63) is 48.0 Å². The summed E-state index contributed by atoms with van der Waals surface area (Å²) >= 11 is 0. The number of unbranched alkanes of at least 4 members (excludes halogenated alkanes) is 1. The predicted octanol–water partition coefficient (Wildman–Crippen LogP) is 4.43. The Hall–Kier alpha value is -3.22. The number of methoxy groups -OCH3 is 3. The number of benzene rings is 2. The van der Waals surface area contributed by atoms with Gasteiger partial charge in [0.1, 0.15) is 17.2 Å². The number of piperidine rings is 1. The molecule has 0 bridgehead atoms. The van der Waals surface area contributed by atoms with Crippen molar-refractivity contribution in [1.82, 2.24) is 4.90 Å². The van der Waals surface area contributed by atoms with Gasteiger partial charge in [0.25, 0.3) is 0 Å². The van der Waals surface area contributed by atoms with Crippen LogP contribution >= 0.6 is 0 Å². The van der Waals surface area contributed by atoms with Crippen molar-refractivity contribution < 1.29 is 23.8 Å². The number of carbonyl (C=O) groups excluding carboxylic acids is 2. The van der Waals surface area contributed by atoms with Crippen LogP contribution in [0.2, 0.25) is 0 Å². The quantitative estimate of drug-likeness (QED) is 0.624. The van der Waals surface area contributed by atoms with E-state index in [1.807, 2.05) is 29.2 Å². The Bertz CT molecular complexity index is 923. The van der Waals surface area contributed by atoms with Gasteiger partial charge in [-0.1, -0.05) is 31.5 Å². The lowest BCUT2D eigenvalue weighted by Gasteiger charge is -2.41. The second-order valence-electron chi connectivity index (χ2n) is 7.86. The van der Waals surface area contributed by atoms with Gasteiger partial charge in [0.05, 0.1) is 33.3 Å². The number of nitrogens with one attached hydrogen (secondary N) is 1. The Morgan fingerprint density at radius 1 is 1.06 bits per heavy atom. The highest BCUT2D eigenvalue weighted by Crippen LogP contribution is 2.41. The molecule has 2 aromatic rings. The van der Waals surface area contributed by atoms with Crippen LogP contribution in [0.3, 0.4) is 0 Å². The number of rotatable bonds is 9. The molecule has 0 aliphatic carbocycles. The van der Waals surface area contributed by atoms with Crippen LogP contribution in [0.25, 0.3) is 0 Å². The second kappa shape index (κ2) is 10.9. The van der Waals surface area contributed by atoms with Gasteiger partial charge in [0.2, 0.25) is 11.8 Å². The molecule has 7 nitrogen and oxygen atoms in total. The van der Waals surface area contributed by atoms with Gasteiger partial charge in [0.15, 0.2) is 0 Å². The molecule has 2 aromatic carbocycles. The summed E-state index contributed by atoms with van der Waals surface area (Å²) in [6, 6.07) is 12.5. The van der Waals surface area contributed by atoms with E-state index in [0.29, 0.717) is 42.3 Å². The lowest BCUT2D eigenvalue weighted by molar-refractivity contribution is -0.142. The van der Waals surface area contributed by atoms with E-state index in [1.165, 1.54) is 0 Å². The largest absolute Gasteiger partial charge is 0.497 e. The molecule has 172 valence electrons. The summed E-state index contributed by atoms with van der Waals surface area (Å²) in [5.74, 6) is 1.35. The summed E-state index contributed by atoms with van der Waals surface area (Å²) in [6.07, 6.45) is 2.65. The van der Waals surface area contributed by atoms with Crippen LogP contribution in [-0.4, -0.2) is 44.6 Å². The number of ether oxygens (including phenoxy) is 3. The molecule has 2 amide bonds. The maximum absolute atomic E-state index is 13.5. The third-order valence-corrected chi connectivity index (χ3v) is 5.87. The zero-order valence-electron chi connectivity index (χ0n) is 19.2. The third kappa shape index (κ3) is 5.15. The van der Waals surface area contributed by atoms with E-state index >= 15 is 0 Å². The van der Waals surface area contributed by atoms with E-state index in [1.54, 1.807) is 39.5 Å². The van der Waals surface area contributed by atoms with Crippen molar-refractivity contribution in [2.45, 2.75) is 38.6 Å². The van der Waals surface area contributed by atoms with Crippen molar-refractivity contribution in [3.63, 3.8) is 0 Å². The fraction of sp³-hybridized carbons (Fsp3) is 0.440. The maximum atomic E-state index is 13.5. The summed E-state index contributed by atoms with van der Waals surface area (Å²) in [4.78, 5) is 28.3. The highest BCUT2D eigenvalue weighted by molar-refractivity contribution is 5.95. The smallest absolute Gasteiger partial charge is 0.229 e. The van der Waals surface area contributed by atoms with Gasteiger partial charge in [-0.15, -0.1) is 0 Å². The number of anilines is 1. The van der Waals surface area contributed by atoms with Crippen molar-refractivity contribution >= 4 is 17.5 Å². The van der Waals surface area contributed by atoms with E-state index in [0.717, 1.165) is 18.4 Å². The molecular formula is C25H32N2O5. The van der Waals surface area contributed by atoms with E-state index in [9.17, 15) is 9.59 Å². The fourth-order valence-corrected chi connectivity index (χ4v) is 4.23. The standard InChI is InChI=1S/C25H32N2O5/c1-5-6-13-27-23(28)12-11-21(24(27)20-9-7-8-10-22(20)32-4)25(29)26-17-14-18(30-2)16-19(15-17)31-3/h7-10,14-16,21,24H,5-6,11-13H2,1-4H3,(H,26,29). The van der Waals surface area contributed by atoms with Gasteiger partial charge < -0.3 is 24.4 Å². The number of nitrogens with zero attached hydrogens (tertiary/aromatic N) is 1. The van der Waals surface area contributed by atoms with Gasteiger partial charge in [-0.2, -0.15) is 0 Å². The minimum absolute atomic E-state index is 0.0708. The predicted molar refractivity (Wildman–Crippen MR) is 123 cm³/mol. The molecule has 0 spiro atoms. The molecule has 1 saturated heterocycles. The molecule has 7 heteroatoms. The van der Waals surface area contributed by atoms with Gasteiger partial charge in [-0.25, -0.2) is 0 Å². The molecule has 2 unspecified atom stereocenters. The van der Waals surface area contributed by atoms with E-state index in [-0.39, 0.29) is 11.8 Å². The first-order valence-corrected chi connectivity index (χ1v) is 11.0. The summed E-state index contributed by atoms with van der Waals surface area (Å²) in [5, 5.41) is 3.01. The topological polar surface area (TPSA) is 77.1 Å². The SMILES string of the molecule is CCCCN1C(=O)CCC(C(=O)Nc2cc(OC)cc(OC)c2)C1c1ccccc1OC. The van der Waals surface area contributed by atoms with Crippen LogP contribution in [0.1, 0.15) is 44.2 Å². The average Bonchev–Trinajstić information content (AvgIpc) is 2.82. The van der Waals surface area contributed by atoms with Crippen LogP contribution in [0, 0.1) is 5.92 Å². The lowest BCUT2D eigenvalue weighted by Crippen LogP contribution is -2.47. The van der Waals surface area contributed by atoms with Gasteiger partial charge in [-0.3, -0.25) is 9.59 Å². The lowest BCUT2D eigenvalue weighted by atomic mass is 9.83. The minimum atomic E-state index is -0.418. The Balaban J connectivity index is 1.96. The number of amides is 2. The number of hydrogen-bond acceptors (Lipinski definition) is 5. The fourth-order valence-electron chi connectivity index (χ4n) is 4.23. The first kappa shape index (κ1) is 23.4. The number of likely N-dealkylation sites (tertiary alicyclic amines) is 1. The summed E-state index contributed by atoms with van der Waals surface area (Å²) in [5.41, 5.74) is 1.43. The van der Waals surface area contributed by atoms with E-state index in [4.69, 9.17) is 14.2 Å². The highest BCUT2D eigenvalue weighted by atomic mass is 16.5. The molecule has 1 heterocycles. The molecule has 3 rings (SSSR count). The Labute approximate surface area is 189 Å². The summed E-state index contributed by atoms with van der Waals surface area (Å²) in [7, 11) is 4.74. The molecule has 32 heavy (non-hydrogen) atoms. The zero-order chi connectivity index (χ0) is 23.1. The summed E-state index contributed by atoms with van der Waals surface area (Å²) in [6.45, 7) is 2.70. The van der Waals surface area contributed by atoms with Gasteiger partial charge >= 0.3 is 0 Å². The van der Waals surface area contributed by atoms with E-state index < -0.39 is 12.0 Å². The van der Waals surface area contributed by atoms with Crippen LogP contribution in [0.5, 0.6) is 17.2 Å². The van der Waals surface area contributed by atoms with Crippen molar-refractivity contribution in [2.24, 2.45) is 5.92 Å². The first-order valence-electron chi connectivity index (χ1n) is 11.0. The number of para-hydroxylation sites is 1. The van der Waals surface area contributed by atoms with Crippen LogP contribution in [0.4, 0.5) is 5.69 Å². The van der Waals surface area contributed by atoms with Gasteiger partial charge in [-0.05, 0) is 18.9 Å². The van der Waals surface area contributed by atoms with Crippen LogP contribution in [-0.2, 0) is 9.59 Å². The Kier molecular flexibility index (Phi) is 7.98. The van der Waals surface area contributed by atoms with Crippen molar-refractivity contribution in [2.75, 3.05) is 33.2 Å². The third-order valence-electron chi connectivity index (χ3n) is 5.87. The maximum Gasteiger partial charge on any atom is 0.229 e. The zero-order valence-corrected chi connectivity index (χ0v) is 19.2. The Morgan fingerprint density at radius 2 is 1.75 bits per heavy atom. The minimum Gasteiger partial charge on any atom is -0.497 e. The number of carbonyl (C=O) groups is 2. The van der Waals surface area contributed by atoms with Crippen molar-refractivity contribution in [1.29, 1.82) is 0 Å². The van der Waals surface area contributed by atoms with Gasteiger partial charge in [0, 0.05) is 42.4 Å². The molecule has 1 fully saturated rings. The highest BCUT2D eigenvalue weighted by Gasteiger charge is 2.41. The number of hydrogen-bond donors (Lipinski definition) is 1. The molecule has 0 radical (unpaired) electrons. The second-order valence-corrected chi connectivity index (χ2v) is 7.86. The molecular weight excluding hydrogens is 408 g/mol. The van der Waals surface area contributed by atoms with Crippen molar-refractivity contribution in [3.8, 4) is 17.2 Å². The van der Waals surface area contributed by atoms with Crippen LogP contribution in [0.15, 0.2) is 42.5 Å². The van der Waals surface area contributed by atoms with Crippen LogP contribution < -0.4 is 19.5 Å². The average molecular weight is 441 g/mol. The Morgan fingerprint density at radius 3 is 2.38 bits per heavy atom. The molecule has 1 aliphatic rings. The molecule has 0 aromatic heterocycles. The normalized spacial score (nSPS) is 18.2. The first-order chi connectivity index (χ1) is 15.5. The molecule has 1 aliphatic heterocycles. The summed E-state index contributed by atoms with van der Waals surface area (Å²) < 4.78 is 16.2.